The third-order valence-electron chi connectivity index (χ3n) is 9.74. The maximum atomic E-state index is 2.33. The molecule has 0 aliphatic heterocycles. The van der Waals surface area contributed by atoms with Crippen LogP contribution >= 0.6 is 0 Å². The molecule has 47 heavy (non-hydrogen) atoms. The van der Waals surface area contributed by atoms with Gasteiger partial charge in [-0.2, -0.15) is 0 Å². The SMILES string of the molecule is CCC(C)c1ccc(N(c2ccccc2)c2ccc(-c3ccc(N(c4ccccc4)c4ccc(C(C)(C)CC)cc4)cc3)cc2)cc1. The van der Waals surface area contributed by atoms with Crippen molar-refractivity contribution in [3.05, 3.63) is 169 Å². The van der Waals surface area contributed by atoms with Crippen molar-refractivity contribution in [3.63, 3.8) is 0 Å². The molecule has 0 N–H and O–H groups in total. The molecule has 0 aliphatic carbocycles. The molecule has 0 spiro atoms. The molecule has 1 atom stereocenters. The van der Waals surface area contributed by atoms with Crippen molar-refractivity contribution in [1.29, 1.82) is 0 Å². The van der Waals surface area contributed by atoms with Crippen LogP contribution in [0.15, 0.2) is 158 Å². The number of hydrogen-bond donors (Lipinski definition) is 0. The fourth-order valence-electron chi connectivity index (χ4n) is 6.11. The van der Waals surface area contributed by atoms with Crippen LogP contribution in [0.3, 0.4) is 0 Å². The van der Waals surface area contributed by atoms with E-state index in [0.717, 1.165) is 47.0 Å². The molecule has 0 heterocycles. The lowest BCUT2D eigenvalue weighted by molar-refractivity contribution is 0.506. The first kappa shape index (κ1) is 31.9. The zero-order valence-electron chi connectivity index (χ0n) is 28.4. The van der Waals surface area contributed by atoms with Crippen LogP contribution in [0.2, 0.25) is 0 Å². The van der Waals surface area contributed by atoms with Crippen molar-refractivity contribution in [2.24, 2.45) is 0 Å². The molecule has 1 unspecified atom stereocenters. The van der Waals surface area contributed by atoms with Gasteiger partial charge in [-0.15, -0.1) is 0 Å². The van der Waals surface area contributed by atoms with Gasteiger partial charge in [0.1, 0.15) is 0 Å². The van der Waals surface area contributed by atoms with Crippen molar-refractivity contribution in [3.8, 4) is 11.1 Å². The highest BCUT2D eigenvalue weighted by Crippen LogP contribution is 2.39. The molecule has 0 bridgehead atoms. The quantitative estimate of drug-likeness (QED) is 0.143. The van der Waals surface area contributed by atoms with Crippen LogP contribution in [0.5, 0.6) is 0 Å². The highest BCUT2D eigenvalue weighted by Gasteiger charge is 2.19. The number of nitrogens with zero attached hydrogens (tertiary/aromatic N) is 2. The van der Waals surface area contributed by atoms with E-state index < -0.39 is 0 Å². The summed E-state index contributed by atoms with van der Waals surface area (Å²) in [5, 5.41) is 0. The average molecular weight is 615 g/mol. The highest BCUT2D eigenvalue weighted by molar-refractivity contribution is 5.80. The molecular weight excluding hydrogens is 569 g/mol. The third kappa shape index (κ3) is 7.03. The summed E-state index contributed by atoms with van der Waals surface area (Å²) in [6, 6.07) is 57.2. The summed E-state index contributed by atoms with van der Waals surface area (Å²) in [5.74, 6) is 0.554. The average Bonchev–Trinajstić information content (AvgIpc) is 3.13. The Kier molecular flexibility index (Phi) is 9.59. The second-order valence-electron chi connectivity index (χ2n) is 13.1. The van der Waals surface area contributed by atoms with Gasteiger partial charge in [0.15, 0.2) is 0 Å². The first-order valence-electron chi connectivity index (χ1n) is 17.0. The molecular formula is C45H46N2. The number of benzene rings is 6. The van der Waals surface area contributed by atoms with Gasteiger partial charge in [0.05, 0.1) is 0 Å². The fraction of sp³-hybridized carbons (Fsp3) is 0.200. The Balaban J connectivity index is 1.29. The van der Waals surface area contributed by atoms with Crippen LogP contribution in [0.25, 0.3) is 11.1 Å². The summed E-state index contributed by atoms with van der Waals surface area (Å²) in [7, 11) is 0. The van der Waals surface area contributed by atoms with E-state index in [-0.39, 0.29) is 5.41 Å². The molecule has 0 saturated heterocycles. The summed E-state index contributed by atoms with van der Waals surface area (Å²) >= 11 is 0. The number of rotatable bonds is 11. The van der Waals surface area contributed by atoms with Gasteiger partial charge in [-0.25, -0.2) is 0 Å². The summed E-state index contributed by atoms with van der Waals surface area (Å²) in [6.07, 6.45) is 2.24. The molecule has 2 nitrogen and oxygen atoms in total. The third-order valence-corrected chi connectivity index (χ3v) is 9.74. The van der Waals surface area contributed by atoms with E-state index in [2.05, 4.69) is 202 Å². The molecule has 0 radical (unpaired) electrons. The van der Waals surface area contributed by atoms with E-state index in [1.54, 1.807) is 0 Å². The molecule has 6 aromatic carbocycles. The normalized spacial score (nSPS) is 12.0. The van der Waals surface area contributed by atoms with E-state index >= 15 is 0 Å². The Morgan fingerprint density at radius 2 is 0.787 bits per heavy atom. The van der Waals surface area contributed by atoms with Crippen molar-refractivity contribution < 1.29 is 0 Å². The minimum Gasteiger partial charge on any atom is -0.311 e. The van der Waals surface area contributed by atoms with E-state index in [9.17, 15) is 0 Å². The summed E-state index contributed by atoms with van der Waals surface area (Å²) in [4.78, 5) is 4.66. The van der Waals surface area contributed by atoms with Gasteiger partial charge >= 0.3 is 0 Å². The topological polar surface area (TPSA) is 6.48 Å². The molecule has 6 aromatic rings. The Morgan fingerprint density at radius 3 is 1.15 bits per heavy atom. The van der Waals surface area contributed by atoms with Crippen LogP contribution in [-0.4, -0.2) is 0 Å². The molecule has 6 rings (SSSR count). The van der Waals surface area contributed by atoms with Crippen LogP contribution in [0.1, 0.15) is 64.5 Å². The molecule has 2 heteroatoms. The van der Waals surface area contributed by atoms with Gasteiger partial charge in [0, 0.05) is 34.1 Å². The first-order chi connectivity index (χ1) is 22.9. The van der Waals surface area contributed by atoms with E-state index in [4.69, 9.17) is 0 Å². The van der Waals surface area contributed by atoms with Gasteiger partial charge in [-0.3, -0.25) is 0 Å². The lowest BCUT2D eigenvalue weighted by Crippen LogP contribution is -2.16. The predicted octanol–water partition coefficient (Wildman–Crippen LogP) is 13.5. The van der Waals surface area contributed by atoms with Gasteiger partial charge in [0.2, 0.25) is 0 Å². The van der Waals surface area contributed by atoms with Crippen LogP contribution in [0.4, 0.5) is 34.1 Å². The zero-order valence-corrected chi connectivity index (χ0v) is 28.4. The Labute approximate surface area is 282 Å². The van der Waals surface area contributed by atoms with Gasteiger partial charge < -0.3 is 9.80 Å². The standard InChI is InChI=1S/C45H46N2/c1-6-34(3)35-18-26-41(27-19-35)46(39-14-10-8-11-15-39)42-28-20-36(21-29-42)37-22-30-43(31-23-37)47(40-16-12-9-13-17-40)44-32-24-38(25-33-44)45(4,5)7-2/h8-34H,6-7H2,1-5H3. The monoisotopic (exact) mass is 614 g/mol. The predicted molar refractivity (Wildman–Crippen MR) is 203 cm³/mol. The van der Waals surface area contributed by atoms with Crippen molar-refractivity contribution in [2.45, 2.75) is 58.8 Å². The molecule has 0 saturated carbocycles. The van der Waals surface area contributed by atoms with Crippen LogP contribution in [0, 0.1) is 0 Å². The Hall–Kier alpha value is -5.08. The largest absolute Gasteiger partial charge is 0.311 e. The number of anilines is 6. The number of hydrogen-bond acceptors (Lipinski definition) is 2. The van der Waals surface area contributed by atoms with Crippen molar-refractivity contribution in [2.75, 3.05) is 9.80 Å². The Morgan fingerprint density at radius 1 is 0.447 bits per heavy atom. The minimum absolute atomic E-state index is 0.156. The summed E-state index contributed by atoms with van der Waals surface area (Å²) in [6.45, 7) is 11.4. The maximum Gasteiger partial charge on any atom is 0.0462 e. The van der Waals surface area contributed by atoms with Crippen LogP contribution in [-0.2, 0) is 5.41 Å². The summed E-state index contributed by atoms with van der Waals surface area (Å²) < 4.78 is 0. The zero-order chi connectivity index (χ0) is 32.8. The van der Waals surface area contributed by atoms with E-state index in [1.807, 2.05) is 0 Å². The molecule has 0 aromatic heterocycles. The smallest absolute Gasteiger partial charge is 0.0462 e. The lowest BCUT2D eigenvalue weighted by Gasteiger charge is -2.28. The van der Waals surface area contributed by atoms with Crippen molar-refractivity contribution >= 4 is 34.1 Å². The lowest BCUT2D eigenvalue weighted by atomic mass is 9.82. The van der Waals surface area contributed by atoms with Crippen LogP contribution < -0.4 is 9.80 Å². The van der Waals surface area contributed by atoms with Gasteiger partial charge in [0.25, 0.3) is 0 Å². The molecule has 236 valence electrons. The molecule has 0 aliphatic rings. The minimum atomic E-state index is 0.156. The van der Waals surface area contributed by atoms with Crippen molar-refractivity contribution in [1.82, 2.24) is 0 Å². The highest BCUT2D eigenvalue weighted by atomic mass is 15.1. The van der Waals surface area contributed by atoms with Gasteiger partial charge in [-0.1, -0.05) is 120 Å². The summed E-state index contributed by atoms with van der Waals surface area (Å²) in [5.41, 5.74) is 12.2. The second kappa shape index (κ2) is 14.1. The molecule has 0 amide bonds. The molecule has 0 fully saturated rings. The van der Waals surface area contributed by atoms with Gasteiger partial charge in [-0.05, 0) is 119 Å². The first-order valence-corrected chi connectivity index (χ1v) is 17.0. The second-order valence-corrected chi connectivity index (χ2v) is 13.1. The maximum absolute atomic E-state index is 2.33. The van der Waals surface area contributed by atoms with E-state index in [0.29, 0.717) is 5.92 Å². The fourth-order valence-corrected chi connectivity index (χ4v) is 6.11. The number of para-hydroxylation sites is 2. The van der Waals surface area contributed by atoms with E-state index in [1.165, 1.54) is 22.3 Å². The Bertz CT molecular complexity index is 1840.